The molecule has 5 nitrogen and oxygen atoms in total. The van der Waals surface area contributed by atoms with Crippen LogP contribution in [0.15, 0.2) is 54.7 Å². The molecule has 23 heavy (non-hydrogen) atoms. The molecule has 1 heterocycles. The van der Waals surface area contributed by atoms with E-state index in [9.17, 15) is 9.59 Å². The van der Waals surface area contributed by atoms with Crippen molar-refractivity contribution in [1.29, 1.82) is 0 Å². The van der Waals surface area contributed by atoms with Gasteiger partial charge in [-0.15, -0.1) is 0 Å². The second kappa shape index (κ2) is 8.68. The molecule has 0 aliphatic carbocycles. The zero-order valence-electron chi connectivity index (χ0n) is 13.2. The molecule has 0 saturated carbocycles. The predicted octanol–water partition coefficient (Wildman–Crippen LogP) is 2.53. The fourth-order valence-electron chi connectivity index (χ4n) is 2.14. The van der Waals surface area contributed by atoms with Gasteiger partial charge in [-0.25, -0.2) is 0 Å². The third kappa shape index (κ3) is 5.54. The second-order valence-corrected chi connectivity index (χ2v) is 5.24. The van der Waals surface area contributed by atoms with Gasteiger partial charge in [-0.3, -0.25) is 14.6 Å². The summed E-state index contributed by atoms with van der Waals surface area (Å²) in [5.74, 6) is -0.0560. The molecular formula is C18H21N3O2. The minimum atomic E-state index is -0.0641. The monoisotopic (exact) mass is 311 g/mol. The van der Waals surface area contributed by atoms with E-state index in [-0.39, 0.29) is 11.8 Å². The van der Waals surface area contributed by atoms with E-state index >= 15 is 0 Å². The van der Waals surface area contributed by atoms with Gasteiger partial charge in [0.15, 0.2) is 0 Å². The van der Waals surface area contributed by atoms with Gasteiger partial charge in [-0.05, 0) is 30.7 Å². The number of rotatable bonds is 7. The van der Waals surface area contributed by atoms with Crippen LogP contribution >= 0.6 is 0 Å². The topological polar surface area (TPSA) is 62.3 Å². The maximum atomic E-state index is 12.1. The lowest BCUT2D eigenvalue weighted by atomic mass is 10.2. The summed E-state index contributed by atoms with van der Waals surface area (Å²) < 4.78 is 0. The second-order valence-electron chi connectivity index (χ2n) is 5.24. The number of anilines is 1. The first-order chi connectivity index (χ1) is 11.2. The molecule has 0 unspecified atom stereocenters. The lowest BCUT2D eigenvalue weighted by molar-refractivity contribution is -0.121. The lowest BCUT2D eigenvalue weighted by Gasteiger charge is -2.17. The quantitative estimate of drug-likeness (QED) is 0.854. The Morgan fingerprint density at radius 2 is 1.78 bits per heavy atom. The molecule has 0 fully saturated rings. The van der Waals surface area contributed by atoms with E-state index < -0.39 is 0 Å². The summed E-state index contributed by atoms with van der Waals surface area (Å²) in [7, 11) is 1.75. The van der Waals surface area contributed by atoms with Gasteiger partial charge in [0, 0.05) is 31.8 Å². The summed E-state index contributed by atoms with van der Waals surface area (Å²) in [5, 5.41) is 2.81. The number of nitrogens with zero attached hydrogens (tertiary/aromatic N) is 2. The average Bonchev–Trinajstić information content (AvgIpc) is 2.61. The molecule has 0 aliphatic rings. The van der Waals surface area contributed by atoms with Crippen LogP contribution in [0.2, 0.25) is 0 Å². The molecule has 0 aliphatic heterocycles. The molecule has 0 spiro atoms. The minimum Gasteiger partial charge on any atom is -0.350 e. The van der Waals surface area contributed by atoms with Crippen molar-refractivity contribution in [2.75, 3.05) is 11.9 Å². The normalized spacial score (nSPS) is 10.1. The number of benzene rings is 1. The lowest BCUT2D eigenvalue weighted by Crippen LogP contribution is -2.27. The maximum Gasteiger partial charge on any atom is 0.226 e. The van der Waals surface area contributed by atoms with Gasteiger partial charge in [0.2, 0.25) is 11.8 Å². The van der Waals surface area contributed by atoms with Crippen LogP contribution in [-0.4, -0.2) is 23.8 Å². The van der Waals surface area contributed by atoms with Crippen molar-refractivity contribution in [3.05, 3.63) is 60.4 Å². The number of para-hydroxylation sites is 1. The Bertz CT molecular complexity index is 629. The van der Waals surface area contributed by atoms with E-state index in [0.717, 1.165) is 11.4 Å². The molecule has 1 aromatic heterocycles. The Morgan fingerprint density at radius 1 is 1.04 bits per heavy atom. The zero-order valence-corrected chi connectivity index (χ0v) is 13.2. The van der Waals surface area contributed by atoms with E-state index in [1.165, 1.54) is 0 Å². The summed E-state index contributed by atoms with van der Waals surface area (Å²) in [6.45, 7) is 0.414. The number of amides is 2. The first-order valence-corrected chi connectivity index (χ1v) is 7.65. The van der Waals surface area contributed by atoms with E-state index in [1.54, 1.807) is 18.1 Å². The van der Waals surface area contributed by atoms with Gasteiger partial charge >= 0.3 is 0 Å². The highest BCUT2D eigenvalue weighted by Gasteiger charge is 2.11. The third-order valence-corrected chi connectivity index (χ3v) is 3.50. The van der Waals surface area contributed by atoms with Gasteiger partial charge in [0.05, 0.1) is 12.2 Å². The molecule has 0 saturated heterocycles. The summed E-state index contributed by atoms with van der Waals surface area (Å²) >= 11 is 0. The minimum absolute atomic E-state index is 0.00808. The molecule has 0 bridgehead atoms. The number of carbonyl (C=O) groups excluding carboxylic acids is 2. The molecule has 5 heteroatoms. The van der Waals surface area contributed by atoms with Gasteiger partial charge < -0.3 is 10.2 Å². The average molecular weight is 311 g/mol. The van der Waals surface area contributed by atoms with Crippen LogP contribution in [-0.2, 0) is 16.1 Å². The van der Waals surface area contributed by atoms with E-state index in [2.05, 4.69) is 10.3 Å². The molecule has 2 rings (SSSR count). The van der Waals surface area contributed by atoms with Crippen LogP contribution in [0.1, 0.15) is 25.0 Å². The fraction of sp³-hybridized carbons (Fsp3) is 0.278. The first kappa shape index (κ1) is 16.7. The van der Waals surface area contributed by atoms with Crippen molar-refractivity contribution < 1.29 is 9.59 Å². The van der Waals surface area contributed by atoms with Gasteiger partial charge in [-0.2, -0.15) is 0 Å². The van der Waals surface area contributed by atoms with E-state index in [4.69, 9.17) is 0 Å². The predicted molar refractivity (Wildman–Crippen MR) is 89.8 cm³/mol. The Morgan fingerprint density at radius 3 is 2.48 bits per heavy atom. The smallest absolute Gasteiger partial charge is 0.226 e. The molecule has 1 N–H and O–H groups in total. The highest BCUT2D eigenvalue weighted by atomic mass is 16.2. The Hall–Kier alpha value is -2.69. The van der Waals surface area contributed by atoms with Crippen LogP contribution in [0.5, 0.6) is 0 Å². The van der Waals surface area contributed by atoms with Crippen LogP contribution in [0.4, 0.5) is 5.69 Å². The van der Waals surface area contributed by atoms with Gasteiger partial charge in [0.1, 0.15) is 0 Å². The Labute approximate surface area is 136 Å². The van der Waals surface area contributed by atoms with Crippen molar-refractivity contribution >= 4 is 17.5 Å². The maximum absolute atomic E-state index is 12.1. The number of aromatic nitrogens is 1. The van der Waals surface area contributed by atoms with Crippen LogP contribution in [0.3, 0.4) is 0 Å². The molecule has 0 atom stereocenters. The molecule has 2 aromatic rings. The largest absolute Gasteiger partial charge is 0.350 e. The third-order valence-electron chi connectivity index (χ3n) is 3.50. The van der Waals surface area contributed by atoms with E-state index in [0.29, 0.717) is 25.8 Å². The number of pyridine rings is 1. The van der Waals surface area contributed by atoms with Crippen molar-refractivity contribution in [2.45, 2.75) is 25.8 Å². The number of nitrogens with one attached hydrogen (secondary N) is 1. The SMILES string of the molecule is CN(C(=O)CCCC(=O)NCc1ccccn1)c1ccccc1. The Kier molecular flexibility index (Phi) is 6.29. The standard InChI is InChI=1S/C18H21N3O2/c1-21(16-9-3-2-4-10-16)18(23)12-7-11-17(22)20-14-15-8-5-6-13-19-15/h2-6,8-10,13H,7,11-12,14H2,1H3,(H,20,22). The first-order valence-electron chi connectivity index (χ1n) is 7.65. The van der Waals surface area contributed by atoms with E-state index in [1.807, 2.05) is 48.5 Å². The Balaban J connectivity index is 1.68. The summed E-state index contributed by atoms with van der Waals surface area (Å²) in [6, 6.07) is 15.0. The molecular weight excluding hydrogens is 290 g/mol. The number of carbonyl (C=O) groups is 2. The summed E-state index contributed by atoms with van der Waals surface area (Å²) in [5.41, 5.74) is 1.68. The molecule has 1 aromatic carbocycles. The molecule has 2 amide bonds. The summed E-state index contributed by atoms with van der Waals surface area (Å²) in [4.78, 5) is 29.6. The molecule has 120 valence electrons. The zero-order chi connectivity index (χ0) is 16.5. The van der Waals surface area contributed by atoms with Crippen LogP contribution in [0.25, 0.3) is 0 Å². The van der Waals surface area contributed by atoms with Crippen molar-refractivity contribution in [3.63, 3.8) is 0 Å². The van der Waals surface area contributed by atoms with Gasteiger partial charge in [0.25, 0.3) is 0 Å². The number of hydrogen-bond acceptors (Lipinski definition) is 3. The highest BCUT2D eigenvalue weighted by Crippen LogP contribution is 2.13. The van der Waals surface area contributed by atoms with Crippen LogP contribution in [0, 0.1) is 0 Å². The number of hydrogen-bond donors (Lipinski definition) is 1. The highest BCUT2D eigenvalue weighted by molar-refractivity contribution is 5.92. The molecule has 0 radical (unpaired) electrons. The van der Waals surface area contributed by atoms with Crippen LogP contribution < -0.4 is 10.2 Å². The summed E-state index contributed by atoms with van der Waals surface area (Å²) in [6.07, 6.45) is 2.91. The fourth-order valence-corrected chi connectivity index (χ4v) is 2.14. The van der Waals surface area contributed by atoms with Crippen molar-refractivity contribution in [3.8, 4) is 0 Å². The van der Waals surface area contributed by atoms with Crippen molar-refractivity contribution in [1.82, 2.24) is 10.3 Å². The van der Waals surface area contributed by atoms with Gasteiger partial charge in [-0.1, -0.05) is 24.3 Å². The van der Waals surface area contributed by atoms with Crippen molar-refractivity contribution in [2.24, 2.45) is 0 Å².